The first-order chi connectivity index (χ1) is 5.77. The molecule has 0 fully saturated rings. The molecule has 0 saturated carbocycles. The molecule has 0 aliphatic heterocycles. The molecule has 0 unspecified atom stereocenters. The molecule has 0 aliphatic rings. The molecular weight excluding hydrogens is 190 g/mol. The zero-order chi connectivity index (χ0) is 8.97. The van der Waals surface area contributed by atoms with Gasteiger partial charge in [0.2, 0.25) is 0 Å². The molecule has 3 heteroatoms. The largest absolute Gasteiger partial charge is 0.384 e. The van der Waals surface area contributed by atoms with E-state index in [0.29, 0.717) is 0 Å². The zero-order valence-corrected chi connectivity index (χ0v) is 8.80. The van der Waals surface area contributed by atoms with Gasteiger partial charge in [0, 0.05) is 22.2 Å². The predicted octanol–water partition coefficient (Wildman–Crippen LogP) is 3.49. The van der Waals surface area contributed by atoms with E-state index in [1.807, 2.05) is 18.2 Å². The van der Waals surface area contributed by atoms with Crippen LogP contribution >= 0.6 is 23.4 Å². The summed E-state index contributed by atoms with van der Waals surface area (Å²) in [6.45, 7) is 3.00. The maximum atomic E-state index is 5.86. The number of nitrogens with one attached hydrogen (secondary N) is 1. The molecule has 0 radical (unpaired) electrons. The van der Waals surface area contributed by atoms with Crippen molar-refractivity contribution in [2.24, 2.45) is 0 Å². The van der Waals surface area contributed by atoms with Crippen LogP contribution in [0.15, 0.2) is 23.1 Å². The van der Waals surface area contributed by atoms with Crippen LogP contribution in [0.25, 0.3) is 0 Å². The molecule has 1 aromatic carbocycles. The third-order valence-electron chi connectivity index (χ3n) is 1.53. The minimum atomic E-state index is 0.781. The lowest BCUT2D eigenvalue weighted by Crippen LogP contribution is -1.97. The van der Waals surface area contributed by atoms with Crippen LogP contribution in [-0.2, 0) is 0 Å². The van der Waals surface area contributed by atoms with Crippen molar-refractivity contribution >= 4 is 29.1 Å². The second-order valence-electron chi connectivity index (χ2n) is 2.37. The van der Waals surface area contributed by atoms with Gasteiger partial charge in [-0.05, 0) is 31.4 Å². The van der Waals surface area contributed by atoms with E-state index in [9.17, 15) is 0 Å². The lowest BCUT2D eigenvalue weighted by Gasteiger charge is -2.08. The topological polar surface area (TPSA) is 12.0 Å². The van der Waals surface area contributed by atoms with E-state index < -0.39 is 0 Å². The highest BCUT2D eigenvalue weighted by Crippen LogP contribution is 2.27. The summed E-state index contributed by atoms with van der Waals surface area (Å²) in [6.07, 6.45) is 2.06. The lowest BCUT2D eigenvalue weighted by atomic mass is 10.3. The van der Waals surface area contributed by atoms with Crippen LogP contribution in [-0.4, -0.2) is 12.8 Å². The van der Waals surface area contributed by atoms with E-state index in [-0.39, 0.29) is 0 Å². The van der Waals surface area contributed by atoms with Crippen molar-refractivity contribution in [3.05, 3.63) is 23.2 Å². The summed E-state index contributed by atoms with van der Waals surface area (Å²) in [7, 11) is 0. The fourth-order valence-corrected chi connectivity index (χ4v) is 1.74. The Kier molecular flexibility index (Phi) is 3.76. The molecule has 0 amide bonds. The Balaban J connectivity index is 2.95. The SMILES string of the molecule is CCNc1cc(Cl)ccc1SC. The van der Waals surface area contributed by atoms with Crippen molar-refractivity contribution in [3.8, 4) is 0 Å². The second kappa shape index (κ2) is 4.63. The van der Waals surface area contributed by atoms with E-state index in [1.165, 1.54) is 4.90 Å². The molecule has 0 aromatic heterocycles. The van der Waals surface area contributed by atoms with E-state index in [2.05, 4.69) is 18.5 Å². The molecule has 1 rings (SSSR count). The minimum Gasteiger partial charge on any atom is -0.384 e. The fourth-order valence-electron chi connectivity index (χ4n) is 1.01. The van der Waals surface area contributed by atoms with Crippen molar-refractivity contribution < 1.29 is 0 Å². The van der Waals surface area contributed by atoms with Crippen molar-refractivity contribution in [2.75, 3.05) is 18.1 Å². The van der Waals surface area contributed by atoms with Gasteiger partial charge in [-0.15, -0.1) is 11.8 Å². The van der Waals surface area contributed by atoms with Gasteiger partial charge in [0.25, 0.3) is 0 Å². The van der Waals surface area contributed by atoms with Gasteiger partial charge in [-0.2, -0.15) is 0 Å². The van der Waals surface area contributed by atoms with Crippen LogP contribution < -0.4 is 5.32 Å². The summed E-state index contributed by atoms with van der Waals surface area (Å²) in [5.41, 5.74) is 1.12. The highest BCUT2D eigenvalue weighted by atomic mass is 35.5. The lowest BCUT2D eigenvalue weighted by molar-refractivity contribution is 1.19. The maximum absolute atomic E-state index is 5.86. The molecule has 0 aliphatic carbocycles. The molecule has 1 N–H and O–H groups in total. The van der Waals surface area contributed by atoms with Crippen LogP contribution in [0.1, 0.15) is 6.92 Å². The Morgan fingerprint density at radius 3 is 2.83 bits per heavy atom. The van der Waals surface area contributed by atoms with Crippen molar-refractivity contribution in [3.63, 3.8) is 0 Å². The molecule has 1 nitrogen and oxygen atoms in total. The Morgan fingerprint density at radius 2 is 2.25 bits per heavy atom. The summed E-state index contributed by atoms with van der Waals surface area (Å²) >= 11 is 7.58. The smallest absolute Gasteiger partial charge is 0.0493 e. The second-order valence-corrected chi connectivity index (χ2v) is 3.66. The Morgan fingerprint density at radius 1 is 1.50 bits per heavy atom. The summed E-state index contributed by atoms with van der Waals surface area (Å²) in [5, 5.41) is 4.04. The number of hydrogen-bond donors (Lipinski definition) is 1. The standard InChI is InChI=1S/C9H12ClNS/c1-3-11-8-6-7(10)4-5-9(8)12-2/h4-6,11H,3H2,1-2H3. The van der Waals surface area contributed by atoms with Gasteiger partial charge in [0.05, 0.1) is 0 Å². The summed E-state index contributed by atoms with van der Waals surface area (Å²) in [5.74, 6) is 0. The maximum Gasteiger partial charge on any atom is 0.0493 e. The predicted molar refractivity (Wildman–Crippen MR) is 57.4 cm³/mol. The number of halogens is 1. The molecule has 1 aromatic rings. The third-order valence-corrected chi connectivity index (χ3v) is 2.56. The van der Waals surface area contributed by atoms with Gasteiger partial charge in [0.1, 0.15) is 0 Å². The van der Waals surface area contributed by atoms with Gasteiger partial charge in [-0.3, -0.25) is 0 Å². The van der Waals surface area contributed by atoms with Crippen LogP contribution in [0.4, 0.5) is 5.69 Å². The van der Waals surface area contributed by atoms with E-state index >= 15 is 0 Å². The molecule has 0 atom stereocenters. The van der Waals surface area contributed by atoms with Crippen molar-refractivity contribution in [1.29, 1.82) is 0 Å². The Bertz CT molecular complexity index is 263. The monoisotopic (exact) mass is 201 g/mol. The first-order valence-electron chi connectivity index (χ1n) is 3.85. The number of thioether (sulfide) groups is 1. The Labute approximate surface area is 82.5 Å². The first-order valence-corrected chi connectivity index (χ1v) is 5.45. The summed E-state index contributed by atoms with van der Waals surface area (Å²) < 4.78 is 0. The number of hydrogen-bond acceptors (Lipinski definition) is 2. The highest BCUT2D eigenvalue weighted by Gasteiger charge is 1.99. The van der Waals surface area contributed by atoms with E-state index in [0.717, 1.165) is 17.3 Å². The molecule has 66 valence electrons. The molecule has 0 spiro atoms. The molecule has 0 bridgehead atoms. The molecule has 0 saturated heterocycles. The number of rotatable bonds is 3. The van der Waals surface area contributed by atoms with Gasteiger partial charge in [-0.1, -0.05) is 11.6 Å². The fraction of sp³-hybridized carbons (Fsp3) is 0.333. The van der Waals surface area contributed by atoms with Crippen LogP contribution in [0.5, 0.6) is 0 Å². The average molecular weight is 202 g/mol. The molecular formula is C9H12ClNS. The number of benzene rings is 1. The highest BCUT2D eigenvalue weighted by molar-refractivity contribution is 7.98. The summed E-state index contributed by atoms with van der Waals surface area (Å²) in [6, 6.07) is 5.90. The van der Waals surface area contributed by atoms with Crippen LogP contribution in [0.3, 0.4) is 0 Å². The van der Waals surface area contributed by atoms with E-state index in [1.54, 1.807) is 11.8 Å². The van der Waals surface area contributed by atoms with Gasteiger partial charge in [0.15, 0.2) is 0 Å². The van der Waals surface area contributed by atoms with Gasteiger partial charge < -0.3 is 5.32 Å². The van der Waals surface area contributed by atoms with E-state index in [4.69, 9.17) is 11.6 Å². The quantitative estimate of drug-likeness (QED) is 0.752. The zero-order valence-electron chi connectivity index (χ0n) is 7.23. The van der Waals surface area contributed by atoms with Gasteiger partial charge >= 0.3 is 0 Å². The molecule has 0 heterocycles. The normalized spacial score (nSPS) is 9.92. The minimum absolute atomic E-state index is 0.781. The van der Waals surface area contributed by atoms with Crippen LogP contribution in [0, 0.1) is 0 Å². The van der Waals surface area contributed by atoms with Crippen LogP contribution in [0.2, 0.25) is 5.02 Å². The third kappa shape index (κ3) is 2.32. The van der Waals surface area contributed by atoms with Crippen molar-refractivity contribution in [2.45, 2.75) is 11.8 Å². The van der Waals surface area contributed by atoms with Gasteiger partial charge in [-0.25, -0.2) is 0 Å². The average Bonchev–Trinajstić information content (AvgIpc) is 2.05. The molecule has 12 heavy (non-hydrogen) atoms. The number of anilines is 1. The first kappa shape index (κ1) is 9.75. The van der Waals surface area contributed by atoms with Crippen molar-refractivity contribution in [1.82, 2.24) is 0 Å². The Hall–Kier alpha value is -0.340. The summed E-state index contributed by atoms with van der Waals surface area (Å²) in [4.78, 5) is 1.24.